The van der Waals surface area contributed by atoms with Gasteiger partial charge in [0.2, 0.25) is 0 Å². The molecule has 0 N–H and O–H groups in total. The van der Waals surface area contributed by atoms with Gasteiger partial charge in [0.15, 0.2) is 0 Å². The van der Waals surface area contributed by atoms with Gasteiger partial charge in [-0.15, -0.1) is 0 Å². The summed E-state index contributed by atoms with van der Waals surface area (Å²) in [6.07, 6.45) is 5.08. The van der Waals surface area contributed by atoms with Crippen molar-refractivity contribution < 1.29 is 0 Å². The first-order chi connectivity index (χ1) is 5.27. The van der Waals surface area contributed by atoms with Gasteiger partial charge in [0.1, 0.15) is 0 Å². The molecule has 0 aliphatic carbocycles. The number of aliphatic imine (C=N–C) groups is 1. The van der Waals surface area contributed by atoms with E-state index in [4.69, 9.17) is 0 Å². The van der Waals surface area contributed by atoms with Gasteiger partial charge in [0.25, 0.3) is 0 Å². The molecule has 11 heavy (non-hydrogen) atoms. The highest BCUT2D eigenvalue weighted by atomic mass is 14.9. The molecule has 2 atom stereocenters. The Hall–Kier alpha value is -0.330. The monoisotopic (exact) mass is 153 g/mol. The van der Waals surface area contributed by atoms with Crippen LogP contribution in [0, 0.1) is 5.92 Å². The summed E-state index contributed by atoms with van der Waals surface area (Å²) in [7, 11) is 0. The Kier molecular flexibility index (Phi) is 3.10. The minimum atomic E-state index is 0.671. The van der Waals surface area contributed by atoms with Crippen LogP contribution in [0.15, 0.2) is 4.99 Å². The summed E-state index contributed by atoms with van der Waals surface area (Å²) in [4.78, 5) is 4.58. The number of hydrogen-bond acceptors (Lipinski definition) is 1. The normalized spacial score (nSPS) is 25.7. The second-order valence-corrected chi connectivity index (χ2v) is 3.59. The highest BCUT2D eigenvalue weighted by molar-refractivity contribution is 5.89. The summed E-state index contributed by atoms with van der Waals surface area (Å²) >= 11 is 0. The molecule has 1 nitrogen and oxygen atoms in total. The van der Waals surface area contributed by atoms with Gasteiger partial charge in [0, 0.05) is 12.1 Å². The smallest absolute Gasteiger partial charge is 0.0576 e. The summed E-state index contributed by atoms with van der Waals surface area (Å²) in [6, 6.07) is 0.671. The average molecular weight is 153 g/mol. The molecule has 1 rings (SSSR count). The zero-order valence-electron chi connectivity index (χ0n) is 7.93. The molecule has 0 spiro atoms. The van der Waals surface area contributed by atoms with Crippen molar-refractivity contribution in [2.45, 2.75) is 52.5 Å². The molecule has 0 radical (unpaired) electrons. The molecular weight excluding hydrogens is 134 g/mol. The van der Waals surface area contributed by atoms with Crippen LogP contribution in [0.1, 0.15) is 46.5 Å². The maximum Gasteiger partial charge on any atom is 0.0576 e. The Bertz CT molecular complexity index is 149. The molecule has 0 aromatic carbocycles. The molecule has 1 heterocycles. The summed E-state index contributed by atoms with van der Waals surface area (Å²) in [6.45, 7) is 6.77. The second kappa shape index (κ2) is 3.89. The van der Waals surface area contributed by atoms with E-state index in [9.17, 15) is 0 Å². The minimum absolute atomic E-state index is 0.671. The zero-order chi connectivity index (χ0) is 8.27. The quantitative estimate of drug-likeness (QED) is 0.588. The van der Waals surface area contributed by atoms with Crippen molar-refractivity contribution in [1.29, 1.82) is 0 Å². The second-order valence-electron chi connectivity index (χ2n) is 3.59. The van der Waals surface area contributed by atoms with Crippen LogP contribution >= 0.6 is 0 Å². The van der Waals surface area contributed by atoms with Crippen LogP contribution in [0.3, 0.4) is 0 Å². The summed E-state index contributed by atoms with van der Waals surface area (Å²) in [5.41, 5.74) is 1.43. The van der Waals surface area contributed by atoms with E-state index in [0.29, 0.717) is 6.04 Å². The van der Waals surface area contributed by atoms with Crippen molar-refractivity contribution in [3.63, 3.8) is 0 Å². The van der Waals surface area contributed by atoms with Gasteiger partial charge in [-0.2, -0.15) is 0 Å². The van der Waals surface area contributed by atoms with Crippen LogP contribution in [0.5, 0.6) is 0 Å². The van der Waals surface area contributed by atoms with Crippen molar-refractivity contribution in [2.75, 3.05) is 0 Å². The van der Waals surface area contributed by atoms with Crippen molar-refractivity contribution in [2.24, 2.45) is 10.9 Å². The van der Waals surface area contributed by atoms with Gasteiger partial charge in [-0.25, -0.2) is 0 Å². The first-order valence-electron chi connectivity index (χ1n) is 4.83. The van der Waals surface area contributed by atoms with E-state index in [2.05, 4.69) is 25.8 Å². The molecule has 0 amide bonds. The third-order valence-corrected chi connectivity index (χ3v) is 2.60. The van der Waals surface area contributed by atoms with Crippen molar-refractivity contribution in [3.8, 4) is 0 Å². The standard InChI is InChI=1S/C10H19N/c1-4-6-8(3)10-7-9(5-2)11-10/h8,10H,4-7H2,1-3H3/t8?,10-/m1/s1. The largest absolute Gasteiger partial charge is 0.290 e. The third kappa shape index (κ3) is 2.05. The summed E-state index contributed by atoms with van der Waals surface area (Å²) in [5, 5.41) is 0. The zero-order valence-corrected chi connectivity index (χ0v) is 7.93. The van der Waals surface area contributed by atoms with Gasteiger partial charge in [-0.1, -0.05) is 27.2 Å². The molecule has 1 aliphatic rings. The lowest BCUT2D eigenvalue weighted by atomic mass is 9.88. The van der Waals surface area contributed by atoms with Crippen LogP contribution in [-0.2, 0) is 0 Å². The molecule has 1 aliphatic heterocycles. The Morgan fingerprint density at radius 2 is 2.18 bits per heavy atom. The maximum atomic E-state index is 4.58. The molecular formula is C10H19N. The van der Waals surface area contributed by atoms with Gasteiger partial charge in [-0.05, 0) is 18.8 Å². The van der Waals surface area contributed by atoms with E-state index in [0.717, 1.165) is 12.3 Å². The Balaban J connectivity index is 2.25. The lowest BCUT2D eigenvalue weighted by Gasteiger charge is -2.28. The van der Waals surface area contributed by atoms with Gasteiger partial charge < -0.3 is 0 Å². The van der Waals surface area contributed by atoms with Crippen LogP contribution in [0.2, 0.25) is 0 Å². The van der Waals surface area contributed by atoms with E-state index in [-0.39, 0.29) is 0 Å². The Labute approximate surface area is 69.9 Å². The van der Waals surface area contributed by atoms with Crippen molar-refractivity contribution in [3.05, 3.63) is 0 Å². The Morgan fingerprint density at radius 3 is 2.64 bits per heavy atom. The van der Waals surface area contributed by atoms with Crippen LogP contribution < -0.4 is 0 Å². The summed E-state index contributed by atoms with van der Waals surface area (Å²) in [5.74, 6) is 0.815. The predicted molar refractivity (Wildman–Crippen MR) is 50.2 cm³/mol. The molecule has 0 aromatic rings. The van der Waals surface area contributed by atoms with Gasteiger partial charge in [0.05, 0.1) is 6.04 Å². The minimum Gasteiger partial charge on any atom is -0.290 e. The fourth-order valence-electron chi connectivity index (χ4n) is 1.67. The fraction of sp³-hybridized carbons (Fsp3) is 0.900. The highest BCUT2D eigenvalue weighted by Gasteiger charge is 2.24. The molecule has 1 heteroatoms. The molecule has 64 valence electrons. The van der Waals surface area contributed by atoms with E-state index < -0.39 is 0 Å². The maximum absolute atomic E-state index is 4.58. The first-order valence-corrected chi connectivity index (χ1v) is 4.83. The average Bonchev–Trinajstić information content (AvgIpc) is 1.86. The lowest BCUT2D eigenvalue weighted by Crippen LogP contribution is -2.29. The molecule has 0 saturated heterocycles. The fourth-order valence-corrected chi connectivity index (χ4v) is 1.67. The molecule has 0 fully saturated rings. The van der Waals surface area contributed by atoms with Crippen LogP contribution in [-0.4, -0.2) is 11.8 Å². The number of nitrogens with zero attached hydrogens (tertiary/aromatic N) is 1. The van der Waals surface area contributed by atoms with Crippen molar-refractivity contribution in [1.82, 2.24) is 0 Å². The molecule has 0 aromatic heterocycles. The van der Waals surface area contributed by atoms with E-state index in [1.54, 1.807) is 0 Å². The Morgan fingerprint density at radius 1 is 1.55 bits per heavy atom. The third-order valence-electron chi connectivity index (χ3n) is 2.60. The summed E-state index contributed by atoms with van der Waals surface area (Å²) < 4.78 is 0. The van der Waals surface area contributed by atoms with Crippen LogP contribution in [0.25, 0.3) is 0 Å². The van der Waals surface area contributed by atoms with E-state index in [1.807, 2.05) is 0 Å². The first kappa shape index (κ1) is 8.76. The van der Waals surface area contributed by atoms with Crippen molar-refractivity contribution >= 4 is 5.71 Å². The number of hydrogen-bond donors (Lipinski definition) is 0. The highest BCUT2D eigenvalue weighted by Crippen LogP contribution is 2.25. The van der Waals surface area contributed by atoms with Gasteiger partial charge >= 0.3 is 0 Å². The lowest BCUT2D eigenvalue weighted by molar-refractivity contribution is 0.407. The molecule has 1 unspecified atom stereocenters. The van der Waals surface area contributed by atoms with E-state index in [1.165, 1.54) is 25.0 Å². The molecule has 0 saturated carbocycles. The van der Waals surface area contributed by atoms with E-state index >= 15 is 0 Å². The van der Waals surface area contributed by atoms with Crippen LogP contribution in [0.4, 0.5) is 0 Å². The van der Waals surface area contributed by atoms with Gasteiger partial charge in [-0.3, -0.25) is 4.99 Å². The predicted octanol–water partition coefficient (Wildman–Crippen LogP) is 3.05. The number of rotatable bonds is 4. The SMILES string of the molecule is CCCC(C)[C@H]1CC(CC)=N1. The topological polar surface area (TPSA) is 12.4 Å². The molecule has 0 bridgehead atoms.